The number of fused-ring (bicyclic) bond motifs is 2. The van der Waals surface area contributed by atoms with Crippen molar-refractivity contribution in [3.8, 4) is 11.4 Å². The smallest absolute Gasteiger partial charge is 0.235 e. The van der Waals surface area contributed by atoms with Crippen LogP contribution in [0.3, 0.4) is 0 Å². The Balaban J connectivity index is 1.38. The molecule has 1 aliphatic carbocycles. The third-order valence-corrected chi connectivity index (χ3v) is 6.30. The van der Waals surface area contributed by atoms with Gasteiger partial charge in [-0.2, -0.15) is 4.98 Å². The van der Waals surface area contributed by atoms with Crippen molar-refractivity contribution in [2.75, 3.05) is 18.0 Å². The van der Waals surface area contributed by atoms with E-state index in [1.54, 1.807) is 18.7 Å². The molecule has 7 heteroatoms. The van der Waals surface area contributed by atoms with E-state index in [1.165, 1.54) is 12.8 Å². The Hall–Kier alpha value is -3.22. The minimum Gasteiger partial charge on any atom is -0.464 e. The van der Waals surface area contributed by atoms with Gasteiger partial charge in [0.15, 0.2) is 0 Å². The summed E-state index contributed by atoms with van der Waals surface area (Å²) in [6, 6.07) is 7.74. The van der Waals surface area contributed by atoms with Crippen LogP contribution in [-0.4, -0.2) is 33.2 Å². The lowest BCUT2D eigenvalue weighted by Crippen LogP contribution is -2.32. The van der Waals surface area contributed by atoms with Crippen LogP contribution in [0.5, 0.6) is 0 Å². The van der Waals surface area contributed by atoms with Crippen molar-refractivity contribution >= 4 is 16.8 Å². The Morgan fingerprint density at radius 2 is 2.18 bits per heavy atom. The topological polar surface area (TPSA) is 81.1 Å². The van der Waals surface area contributed by atoms with Gasteiger partial charge in [0, 0.05) is 37.2 Å². The fourth-order valence-corrected chi connectivity index (χ4v) is 4.97. The molecular formula is C21H19N5O2. The van der Waals surface area contributed by atoms with Gasteiger partial charge < -0.3 is 13.8 Å². The van der Waals surface area contributed by atoms with Gasteiger partial charge in [-0.05, 0) is 43.0 Å². The molecule has 5 heterocycles. The van der Waals surface area contributed by atoms with Crippen molar-refractivity contribution in [1.82, 2.24) is 20.1 Å². The second-order valence-electron chi connectivity index (χ2n) is 7.76. The monoisotopic (exact) mass is 373 g/mol. The molecule has 140 valence electrons. The third kappa shape index (κ3) is 2.22. The van der Waals surface area contributed by atoms with E-state index in [2.05, 4.69) is 20.0 Å². The van der Waals surface area contributed by atoms with Crippen LogP contribution in [0, 0.1) is 5.92 Å². The van der Waals surface area contributed by atoms with E-state index in [0.717, 1.165) is 47.8 Å². The summed E-state index contributed by atoms with van der Waals surface area (Å²) >= 11 is 0. The number of hydrogen-bond acceptors (Lipinski definition) is 7. The van der Waals surface area contributed by atoms with Crippen LogP contribution in [0.4, 0.5) is 5.82 Å². The predicted octanol–water partition coefficient (Wildman–Crippen LogP) is 3.83. The summed E-state index contributed by atoms with van der Waals surface area (Å²) in [5.41, 5.74) is 1.64. The highest BCUT2D eigenvalue weighted by atomic mass is 16.5. The molecule has 0 spiro atoms. The normalized spacial score (nSPS) is 24.1. The first-order valence-electron chi connectivity index (χ1n) is 9.65. The van der Waals surface area contributed by atoms with Crippen LogP contribution in [0.25, 0.3) is 22.4 Å². The highest BCUT2D eigenvalue weighted by Gasteiger charge is 2.54. The average Bonchev–Trinajstić information content (AvgIpc) is 3.50. The van der Waals surface area contributed by atoms with Gasteiger partial charge in [0.2, 0.25) is 11.7 Å². The second-order valence-corrected chi connectivity index (χ2v) is 7.76. The van der Waals surface area contributed by atoms with Crippen molar-refractivity contribution < 1.29 is 8.94 Å². The van der Waals surface area contributed by atoms with Crippen LogP contribution < -0.4 is 4.90 Å². The fraction of sp³-hybridized carbons (Fsp3) is 0.333. The molecule has 0 bridgehead atoms. The molecule has 0 N–H and O–H groups in total. The summed E-state index contributed by atoms with van der Waals surface area (Å²) in [5.74, 6) is 2.82. The summed E-state index contributed by atoms with van der Waals surface area (Å²) in [6.07, 6.45) is 10.5. The van der Waals surface area contributed by atoms with Crippen LogP contribution >= 0.6 is 0 Å². The molecular weight excluding hydrogens is 354 g/mol. The Morgan fingerprint density at radius 1 is 1.18 bits per heavy atom. The third-order valence-electron chi connectivity index (χ3n) is 6.30. The second kappa shape index (κ2) is 5.89. The first-order chi connectivity index (χ1) is 13.8. The first kappa shape index (κ1) is 15.8. The fourth-order valence-electron chi connectivity index (χ4n) is 4.97. The molecule has 7 nitrogen and oxygen atoms in total. The zero-order chi connectivity index (χ0) is 18.6. The quantitative estimate of drug-likeness (QED) is 0.540. The first-order valence-corrected chi connectivity index (χ1v) is 9.65. The van der Waals surface area contributed by atoms with Crippen LogP contribution in [-0.2, 0) is 5.41 Å². The van der Waals surface area contributed by atoms with Gasteiger partial charge in [-0.1, -0.05) is 11.6 Å². The maximum atomic E-state index is 5.81. The molecule has 6 rings (SSSR count). The Bertz CT molecular complexity index is 1140. The molecule has 4 aromatic heterocycles. The zero-order valence-corrected chi connectivity index (χ0v) is 15.3. The molecule has 2 atom stereocenters. The number of anilines is 1. The van der Waals surface area contributed by atoms with E-state index in [9.17, 15) is 0 Å². The number of furan rings is 1. The lowest BCUT2D eigenvalue weighted by molar-refractivity contribution is 0.266. The minimum absolute atomic E-state index is 0.110. The van der Waals surface area contributed by atoms with Crippen molar-refractivity contribution in [2.24, 2.45) is 5.92 Å². The zero-order valence-electron chi connectivity index (χ0n) is 15.3. The summed E-state index contributed by atoms with van der Waals surface area (Å²) in [7, 11) is 0. The highest BCUT2D eigenvalue weighted by Crippen LogP contribution is 2.51. The molecule has 28 heavy (non-hydrogen) atoms. The minimum atomic E-state index is -0.110. The van der Waals surface area contributed by atoms with Crippen molar-refractivity contribution in [2.45, 2.75) is 24.7 Å². The van der Waals surface area contributed by atoms with Gasteiger partial charge in [0.05, 0.1) is 17.1 Å². The van der Waals surface area contributed by atoms with Crippen molar-refractivity contribution in [3.63, 3.8) is 0 Å². The average molecular weight is 373 g/mol. The van der Waals surface area contributed by atoms with E-state index in [-0.39, 0.29) is 5.41 Å². The number of nitrogens with zero attached hydrogens (tertiary/aromatic N) is 5. The molecule has 1 saturated carbocycles. The van der Waals surface area contributed by atoms with Crippen LogP contribution in [0.2, 0.25) is 0 Å². The molecule has 0 aromatic carbocycles. The van der Waals surface area contributed by atoms with Gasteiger partial charge in [-0.25, -0.2) is 4.98 Å². The number of pyridine rings is 2. The molecule has 1 aliphatic heterocycles. The number of aromatic nitrogens is 4. The van der Waals surface area contributed by atoms with Gasteiger partial charge in [-0.3, -0.25) is 4.98 Å². The summed E-state index contributed by atoms with van der Waals surface area (Å²) < 4.78 is 11.4. The molecule has 1 saturated heterocycles. The molecule has 0 radical (unpaired) electrons. The molecule has 0 unspecified atom stereocenters. The lowest BCUT2D eigenvalue weighted by Gasteiger charge is -2.24. The van der Waals surface area contributed by atoms with Crippen molar-refractivity contribution in [3.05, 3.63) is 55.0 Å². The van der Waals surface area contributed by atoms with Gasteiger partial charge in [0.1, 0.15) is 11.4 Å². The maximum Gasteiger partial charge on any atom is 0.235 e. The lowest BCUT2D eigenvalue weighted by atomic mass is 9.80. The highest BCUT2D eigenvalue weighted by molar-refractivity contribution is 5.88. The van der Waals surface area contributed by atoms with E-state index in [0.29, 0.717) is 11.7 Å². The Kier molecular flexibility index (Phi) is 3.32. The Labute approximate surface area is 161 Å². The van der Waals surface area contributed by atoms with E-state index in [4.69, 9.17) is 13.9 Å². The molecule has 2 aliphatic rings. The predicted molar refractivity (Wildman–Crippen MR) is 103 cm³/mol. The maximum absolute atomic E-state index is 5.81. The number of hydrogen-bond donors (Lipinski definition) is 0. The van der Waals surface area contributed by atoms with Gasteiger partial charge >= 0.3 is 0 Å². The standard InChI is InChI=1S/C21H19N5O2/c1-4-15-12-26(19-16-6-10-27-17(16)5-9-23-19)13-21(15,7-1)20-24-18(25-28-20)14-3-2-8-22-11-14/h2-3,5-6,8-11,15H,1,4,7,12-13H2/t15-,21-/m1/s1. The van der Waals surface area contributed by atoms with E-state index in [1.807, 2.05) is 30.5 Å². The largest absolute Gasteiger partial charge is 0.464 e. The number of rotatable bonds is 3. The molecule has 0 amide bonds. The van der Waals surface area contributed by atoms with Gasteiger partial charge in [0.25, 0.3) is 0 Å². The summed E-state index contributed by atoms with van der Waals surface area (Å²) in [5, 5.41) is 5.31. The van der Waals surface area contributed by atoms with Crippen molar-refractivity contribution in [1.29, 1.82) is 0 Å². The Morgan fingerprint density at radius 3 is 3.11 bits per heavy atom. The molecule has 2 fully saturated rings. The van der Waals surface area contributed by atoms with E-state index >= 15 is 0 Å². The summed E-state index contributed by atoms with van der Waals surface area (Å²) in [6.45, 7) is 1.78. The van der Waals surface area contributed by atoms with Crippen LogP contribution in [0.1, 0.15) is 25.2 Å². The summed E-state index contributed by atoms with van der Waals surface area (Å²) in [4.78, 5) is 16.0. The SMILES string of the molecule is c1cncc(-c2noc([C@@]34CCC[C@@H]3CN(c3nccc5occc35)C4)n2)c1. The van der Waals surface area contributed by atoms with E-state index < -0.39 is 0 Å². The van der Waals surface area contributed by atoms with Gasteiger partial charge in [-0.15, -0.1) is 0 Å². The molecule has 4 aromatic rings. The van der Waals surface area contributed by atoms with Crippen LogP contribution in [0.15, 0.2) is 58.1 Å².